The van der Waals surface area contributed by atoms with E-state index in [1.807, 2.05) is 32.2 Å². The molecular weight excluding hydrogens is 260 g/mol. The highest BCUT2D eigenvalue weighted by atomic mass is 35.5. The van der Waals surface area contributed by atoms with Crippen LogP contribution in [0, 0.1) is 12.8 Å². The zero-order valence-corrected chi connectivity index (χ0v) is 12.5. The number of hydrogen-bond acceptors (Lipinski definition) is 2. The molecule has 1 aromatic carbocycles. The van der Waals surface area contributed by atoms with E-state index in [0.717, 1.165) is 25.2 Å². The maximum absolute atomic E-state index is 12.1. The second kappa shape index (κ2) is 7.51. The van der Waals surface area contributed by atoms with E-state index < -0.39 is 0 Å². The van der Waals surface area contributed by atoms with Gasteiger partial charge >= 0.3 is 0 Å². The highest BCUT2D eigenvalue weighted by molar-refractivity contribution is 5.92. The van der Waals surface area contributed by atoms with Crippen molar-refractivity contribution in [3.05, 3.63) is 29.8 Å². The van der Waals surface area contributed by atoms with Gasteiger partial charge in [0.2, 0.25) is 5.91 Å². The van der Waals surface area contributed by atoms with Gasteiger partial charge in [0.1, 0.15) is 0 Å². The predicted octanol–water partition coefficient (Wildman–Crippen LogP) is 2.77. The zero-order chi connectivity index (χ0) is 13.0. The van der Waals surface area contributed by atoms with E-state index in [4.69, 9.17) is 0 Å². The molecule has 1 saturated heterocycles. The number of benzene rings is 1. The zero-order valence-electron chi connectivity index (χ0n) is 11.7. The monoisotopic (exact) mass is 282 g/mol. The minimum atomic E-state index is 0. The lowest BCUT2D eigenvalue weighted by Crippen LogP contribution is -2.26. The van der Waals surface area contributed by atoms with E-state index in [9.17, 15) is 4.79 Å². The Morgan fingerprint density at radius 3 is 2.89 bits per heavy atom. The van der Waals surface area contributed by atoms with Crippen molar-refractivity contribution in [2.75, 3.05) is 25.0 Å². The normalized spacial score (nSPS) is 17.9. The van der Waals surface area contributed by atoms with Gasteiger partial charge in [0, 0.05) is 19.2 Å². The van der Waals surface area contributed by atoms with Gasteiger partial charge in [-0.05, 0) is 56.5 Å². The van der Waals surface area contributed by atoms with Crippen molar-refractivity contribution in [3.8, 4) is 0 Å². The lowest BCUT2D eigenvalue weighted by atomic mass is 10.0. The summed E-state index contributed by atoms with van der Waals surface area (Å²) < 4.78 is 0. The van der Waals surface area contributed by atoms with Gasteiger partial charge in [-0.15, -0.1) is 12.4 Å². The Bertz CT molecular complexity index is 416. The van der Waals surface area contributed by atoms with E-state index in [1.54, 1.807) is 4.90 Å². The average Bonchev–Trinajstić information content (AvgIpc) is 2.88. The van der Waals surface area contributed by atoms with Gasteiger partial charge in [0.15, 0.2) is 0 Å². The van der Waals surface area contributed by atoms with Crippen LogP contribution in [-0.2, 0) is 4.79 Å². The highest BCUT2D eigenvalue weighted by Crippen LogP contribution is 2.18. The van der Waals surface area contributed by atoms with Crippen molar-refractivity contribution in [3.63, 3.8) is 0 Å². The van der Waals surface area contributed by atoms with E-state index in [1.165, 1.54) is 12.0 Å². The minimum Gasteiger partial charge on any atom is -0.316 e. The fourth-order valence-corrected chi connectivity index (χ4v) is 2.44. The first kappa shape index (κ1) is 16.0. The molecule has 0 aromatic heterocycles. The Morgan fingerprint density at radius 2 is 2.26 bits per heavy atom. The topological polar surface area (TPSA) is 32.3 Å². The number of rotatable bonds is 4. The third-order valence-electron chi connectivity index (χ3n) is 3.69. The maximum Gasteiger partial charge on any atom is 0.226 e. The lowest BCUT2D eigenvalue weighted by molar-refractivity contribution is -0.118. The average molecular weight is 283 g/mol. The molecule has 1 amide bonds. The molecule has 0 bridgehead atoms. The van der Waals surface area contributed by atoms with E-state index in [-0.39, 0.29) is 18.3 Å². The quantitative estimate of drug-likeness (QED) is 0.921. The Kier molecular flexibility index (Phi) is 6.32. The summed E-state index contributed by atoms with van der Waals surface area (Å²) in [6.45, 7) is 4.22. The van der Waals surface area contributed by atoms with Gasteiger partial charge in [-0.2, -0.15) is 0 Å². The van der Waals surface area contributed by atoms with Crippen LogP contribution >= 0.6 is 12.4 Å². The smallest absolute Gasteiger partial charge is 0.226 e. The largest absolute Gasteiger partial charge is 0.316 e. The molecule has 0 spiro atoms. The fraction of sp³-hybridized carbons (Fsp3) is 0.533. The summed E-state index contributed by atoms with van der Waals surface area (Å²) in [7, 11) is 1.87. The molecule has 0 saturated carbocycles. The van der Waals surface area contributed by atoms with Crippen LogP contribution in [0.5, 0.6) is 0 Å². The minimum absolute atomic E-state index is 0. The maximum atomic E-state index is 12.1. The van der Waals surface area contributed by atoms with E-state index in [0.29, 0.717) is 12.3 Å². The number of aryl methyl sites for hydroxylation is 1. The van der Waals surface area contributed by atoms with Gasteiger partial charge in [-0.1, -0.05) is 12.1 Å². The van der Waals surface area contributed by atoms with Crippen LogP contribution in [0.25, 0.3) is 0 Å². The van der Waals surface area contributed by atoms with Crippen molar-refractivity contribution in [1.82, 2.24) is 5.32 Å². The molecule has 2 rings (SSSR count). The molecule has 3 nitrogen and oxygen atoms in total. The number of hydrogen-bond donors (Lipinski definition) is 1. The van der Waals surface area contributed by atoms with Gasteiger partial charge in [0.05, 0.1) is 0 Å². The Labute approximate surface area is 121 Å². The second-order valence-electron chi connectivity index (χ2n) is 5.19. The summed E-state index contributed by atoms with van der Waals surface area (Å²) in [5.74, 6) is 0.896. The van der Waals surface area contributed by atoms with Crippen molar-refractivity contribution < 1.29 is 4.79 Å². The Morgan fingerprint density at radius 1 is 1.47 bits per heavy atom. The van der Waals surface area contributed by atoms with Crippen molar-refractivity contribution in [2.24, 2.45) is 5.92 Å². The SMILES string of the molecule is Cc1cccc(N(C)C(=O)CCC2CCNC2)c1.Cl. The standard InChI is InChI=1S/C15H22N2O.ClH/c1-12-4-3-5-14(10-12)17(2)15(18)7-6-13-8-9-16-11-13;/h3-5,10,13,16H,6-9,11H2,1-2H3;1H. The number of nitrogens with one attached hydrogen (secondary N) is 1. The fourth-order valence-electron chi connectivity index (χ4n) is 2.44. The molecule has 1 N–H and O–H groups in total. The summed E-state index contributed by atoms with van der Waals surface area (Å²) in [6.07, 6.45) is 2.86. The van der Waals surface area contributed by atoms with Crippen LogP contribution in [0.1, 0.15) is 24.8 Å². The van der Waals surface area contributed by atoms with Crippen LogP contribution in [0.3, 0.4) is 0 Å². The van der Waals surface area contributed by atoms with Crippen molar-refractivity contribution in [1.29, 1.82) is 0 Å². The molecule has 1 fully saturated rings. The van der Waals surface area contributed by atoms with Crippen LogP contribution in [0.4, 0.5) is 5.69 Å². The molecule has 1 aromatic rings. The van der Waals surface area contributed by atoms with Gasteiger partial charge < -0.3 is 10.2 Å². The first-order valence-electron chi connectivity index (χ1n) is 6.71. The summed E-state index contributed by atoms with van der Waals surface area (Å²) >= 11 is 0. The van der Waals surface area contributed by atoms with Crippen molar-refractivity contribution in [2.45, 2.75) is 26.2 Å². The third kappa shape index (κ3) is 4.51. The summed E-state index contributed by atoms with van der Waals surface area (Å²) in [6, 6.07) is 8.08. The van der Waals surface area contributed by atoms with E-state index in [2.05, 4.69) is 11.4 Å². The molecule has 1 atom stereocenters. The predicted molar refractivity (Wildman–Crippen MR) is 82.0 cm³/mol. The number of carbonyl (C=O) groups excluding carboxylic acids is 1. The van der Waals surface area contributed by atoms with Crippen LogP contribution < -0.4 is 10.2 Å². The number of carbonyl (C=O) groups is 1. The first-order chi connectivity index (χ1) is 8.66. The summed E-state index contributed by atoms with van der Waals surface area (Å²) in [5.41, 5.74) is 2.18. The van der Waals surface area contributed by atoms with Crippen LogP contribution in [0.2, 0.25) is 0 Å². The lowest BCUT2D eigenvalue weighted by Gasteiger charge is -2.18. The molecule has 0 radical (unpaired) electrons. The molecule has 19 heavy (non-hydrogen) atoms. The van der Waals surface area contributed by atoms with Crippen LogP contribution in [-0.4, -0.2) is 26.0 Å². The third-order valence-corrected chi connectivity index (χ3v) is 3.69. The summed E-state index contributed by atoms with van der Waals surface area (Å²) in [5, 5.41) is 3.34. The molecule has 4 heteroatoms. The number of anilines is 1. The Hall–Kier alpha value is -1.06. The molecule has 1 unspecified atom stereocenters. The molecule has 0 aliphatic carbocycles. The van der Waals surface area contributed by atoms with Gasteiger partial charge in [-0.3, -0.25) is 4.79 Å². The van der Waals surface area contributed by atoms with Crippen molar-refractivity contribution >= 4 is 24.0 Å². The highest BCUT2D eigenvalue weighted by Gasteiger charge is 2.17. The molecule has 1 heterocycles. The molecular formula is C15H23ClN2O. The number of nitrogens with zero attached hydrogens (tertiary/aromatic N) is 1. The summed E-state index contributed by atoms with van der Waals surface area (Å²) in [4.78, 5) is 13.9. The van der Waals surface area contributed by atoms with Crippen LogP contribution in [0.15, 0.2) is 24.3 Å². The number of halogens is 1. The van der Waals surface area contributed by atoms with E-state index >= 15 is 0 Å². The Balaban J connectivity index is 0.00000180. The van der Waals surface area contributed by atoms with Gasteiger partial charge in [-0.25, -0.2) is 0 Å². The molecule has 1 aliphatic heterocycles. The molecule has 106 valence electrons. The first-order valence-corrected chi connectivity index (χ1v) is 6.71. The van der Waals surface area contributed by atoms with Gasteiger partial charge in [0.25, 0.3) is 0 Å². The number of amides is 1. The second-order valence-corrected chi connectivity index (χ2v) is 5.19. The molecule has 1 aliphatic rings.